The predicted octanol–water partition coefficient (Wildman–Crippen LogP) is -4.59. The van der Waals surface area contributed by atoms with E-state index in [2.05, 4.69) is 0 Å². The Morgan fingerprint density at radius 3 is 1.00 bits per heavy atom. The van der Waals surface area contributed by atoms with Crippen LogP contribution in [0, 0.1) is 0 Å². The van der Waals surface area contributed by atoms with Crippen molar-refractivity contribution in [2.24, 2.45) is 0 Å². The zero-order valence-corrected chi connectivity index (χ0v) is 7.81. The van der Waals surface area contributed by atoms with Crippen molar-refractivity contribution >= 4 is 24.3 Å². The minimum atomic E-state index is -4.64. The normalized spacial score (nSPS) is 8.46. The summed E-state index contributed by atoms with van der Waals surface area (Å²) in [5, 5.41) is 21.5. The molecule has 8 N–H and O–H groups in total. The van der Waals surface area contributed by atoms with Gasteiger partial charge < -0.3 is 39.3 Å². The molecule has 13 heteroatoms. The molecule has 0 aliphatic carbocycles. The lowest BCUT2D eigenvalue weighted by Crippen LogP contribution is -2.07. The second kappa shape index (κ2) is 9.76. The highest BCUT2D eigenvalue weighted by molar-refractivity contribution is 7.45. The summed E-state index contributed by atoms with van der Waals surface area (Å²) >= 11 is 0. The zero-order chi connectivity index (χ0) is 11.7. The molecule has 0 radical (unpaired) electrons. The van der Waals surface area contributed by atoms with E-state index in [0.29, 0.717) is 0 Å². The second-order valence-electron chi connectivity index (χ2n) is 1.14. The first-order chi connectivity index (χ1) is 5.46. The summed E-state index contributed by atoms with van der Waals surface area (Å²) < 4.78 is 17.6. The second-order valence-corrected chi connectivity index (χ2v) is 2.73. The van der Waals surface area contributed by atoms with E-state index in [4.69, 9.17) is 48.4 Å². The van der Waals surface area contributed by atoms with Gasteiger partial charge in [0.2, 0.25) is 0 Å². The summed E-state index contributed by atoms with van der Waals surface area (Å²) in [6.45, 7) is 0. The Morgan fingerprint density at radius 2 is 1.00 bits per heavy atom. The third-order valence-electron chi connectivity index (χ3n) is 0. The van der Waals surface area contributed by atoms with E-state index in [9.17, 15) is 0 Å². The number of rotatable bonds is 0. The molecule has 0 aliphatic heterocycles. The maximum absolute atomic E-state index is 8.88. The molecular formula is H8BO10PSi. The molecule has 0 saturated heterocycles. The summed E-state index contributed by atoms with van der Waals surface area (Å²) in [5.41, 5.74) is 0. The highest BCUT2D eigenvalue weighted by Crippen LogP contribution is 2.25. The van der Waals surface area contributed by atoms with Gasteiger partial charge in [-0.2, -0.15) is 0 Å². The van der Waals surface area contributed by atoms with Crippen molar-refractivity contribution < 1.29 is 48.4 Å². The largest absolute Gasteiger partial charge is 0.761 e. The van der Waals surface area contributed by atoms with Crippen molar-refractivity contribution in [3.8, 4) is 0 Å². The number of hydrogen-bond acceptors (Lipinski definition) is 5. The van der Waals surface area contributed by atoms with E-state index in [0.717, 1.165) is 0 Å². The van der Waals surface area contributed by atoms with E-state index in [1.165, 1.54) is 0 Å². The van der Waals surface area contributed by atoms with Gasteiger partial charge in [-0.05, 0) is 0 Å². The van der Waals surface area contributed by atoms with Gasteiger partial charge in [-0.1, -0.05) is 0 Å². The maximum atomic E-state index is 8.88. The number of hydrogen-bond donors (Lipinski definition) is 8. The van der Waals surface area contributed by atoms with Crippen LogP contribution in [0.3, 0.4) is 0 Å². The van der Waals surface area contributed by atoms with Crippen molar-refractivity contribution in [2.45, 2.75) is 0 Å². The van der Waals surface area contributed by atoms with Crippen molar-refractivity contribution in [1.29, 1.82) is 0 Å². The molecule has 0 bridgehead atoms. The minimum Gasteiger partial charge on any atom is -0.511 e. The van der Waals surface area contributed by atoms with Gasteiger partial charge in [-0.3, -0.25) is 4.46 Å². The molecule has 0 rings (SSSR count). The van der Waals surface area contributed by atoms with Crippen LogP contribution < -0.4 is 0 Å². The monoisotopic (exact) mass is 238 g/mol. The average Bonchev–Trinajstić information content (AvgIpc) is 1.50. The molecule has 0 unspecified atom stereocenters. The number of phosphoric acid groups is 1. The predicted molar refractivity (Wildman–Crippen MR) is 37.6 cm³/mol. The van der Waals surface area contributed by atoms with Gasteiger partial charge in [0.25, 0.3) is 0 Å². The third kappa shape index (κ3) is 10100. The third-order valence-corrected chi connectivity index (χ3v) is 0. The van der Waals surface area contributed by atoms with Crippen molar-refractivity contribution in [3.05, 3.63) is 0 Å². The Bertz CT molecular complexity index is 143. The Balaban J connectivity index is -0.000000117. The topological polar surface area (TPSA) is 196 Å². The SMILES string of the molecule is O=P(O)(O)O.O=[Si](O)O.OB(O)O. The smallest absolute Gasteiger partial charge is 0.511 e. The standard InChI is InChI=1S/BH3O3.H3O4P.H2O3Si/c2-1(3)4;1-5(2,3)4;1-4(2)3/h2-4H;(H3,1,2,3,4);1-2H. The van der Waals surface area contributed by atoms with Crippen LogP contribution in [0.2, 0.25) is 0 Å². The van der Waals surface area contributed by atoms with Crippen LogP contribution in [0.15, 0.2) is 0 Å². The summed E-state index contributed by atoms with van der Waals surface area (Å²) in [6.07, 6.45) is 0. The van der Waals surface area contributed by atoms with E-state index in [1.54, 1.807) is 0 Å². The molecule has 0 heterocycles. The van der Waals surface area contributed by atoms with Gasteiger partial charge in [-0.15, -0.1) is 0 Å². The molecule has 13 heavy (non-hydrogen) atoms. The van der Waals surface area contributed by atoms with E-state index < -0.39 is 24.3 Å². The van der Waals surface area contributed by atoms with Crippen LogP contribution in [0.5, 0.6) is 0 Å². The lowest BCUT2D eigenvalue weighted by Gasteiger charge is -1.82. The van der Waals surface area contributed by atoms with Gasteiger partial charge in [0.15, 0.2) is 0 Å². The molecule has 0 atom stereocenters. The van der Waals surface area contributed by atoms with Crippen LogP contribution in [0.25, 0.3) is 0 Å². The highest BCUT2D eigenvalue weighted by Gasteiger charge is 2.00. The van der Waals surface area contributed by atoms with Gasteiger partial charge in [0.05, 0.1) is 0 Å². The van der Waals surface area contributed by atoms with Crippen molar-refractivity contribution in [3.63, 3.8) is 0 Å². The van der Waals surface area contributed by atoms with E-state index in [1.807, 2.05) is 0 Å². The van der Waals surface area contributed by atoms with Crippen LogP contribution in [0.1, 0.15) is 0 Å². The molecular weight excluding hydrogens is 230 g/mol. The molecule has 0 aromatic carbocycles. The Kier molecular flexibility index (Phi) is 13.9. The Hall–Kier alpha value is -0.328. The first-order valence-electron chi connectivity index (χ1n) is 2.21. The van der Waals surface area contributed by atoms with Crippen LogP contribution in [-0.4, -0.2) is 55.8 Å². The fourth-order valence-corrected chi connectivity index (χ4v) is 0. The quantitative estimate of drug-likeness (QED) is 0.150. The van der Waals surface area contributed by atoms with Crippen LogP contribution in [-0.2, 0) is 9.03 Å². The zero-order valence-electron chi connectivity index (χ0n) is 5.92. The minimum absolute atomic E-state index is 2.17. The molecule has 0 saturated carbocycles. The Morgan fingerprint density at radius 1 is 1.00 bits per heavy atom. The lowest BCUT2D eigenvalue weighted by atomic mass is 10.3. The van der Waals surface area contributed by atoms with Gasteiger partial charge >= 0.3 is 24.3 Å². The molecule has 0 spiro atoms. The van der Waals surface area contributed by atoms with Gasteiger partial charge in [0.1, 0.15) is 0 Å². The summed E-state index contributed by atoms with van der Waals surface area (Å²) in [4.78, 5) is 35.9. The van der Waals surface area contributed by atoms with Gasteiger partial charge in [-0.25, -0.2) is 4.57 Å². The molecule has 10 nitrogen and oxygen atoms in total. The van der Waals surface area contributed by atoms with Crippen molar-refractivity contribution in [1.82, 2.24) is 0 Å². The summed E-state index contributed by atoms with van der Waals surface area (Å²) in [5.74, 6) is 0. The summed E-state index contributed by atoms with van der Waals surface area (Å²) in [7, 11) is -9.94. The fraction of sp³-hybridized carbons (Fsp3) is 0. The average molecular weight is 238 g/mol. The van der Waals surface area contributed by atoms with Gasteiger partial charge in [0, 0.05) is 0 Å². The fourth-order valence-electron chi connectivity index (χ4n) is 0. The molecule has 80 valence electrons. The molecule has 0 amide bonds. The van der Waals surface area contributed by atoms with Crippen LogP contribution >= 0.6 is 7.82 Å². The lowest BCUT2D eigenvalue weighted by molar-refractivity contribution is 0.274. The summed E-state index contributed by atoms with van der Waals surface area (Å²) in [6, 6.07) is 0. The molecule has 0 fully saturated rings. The molecule has 0 aliphatic rings. The highest BCUT2D eigenvalue weighted by atomic mass is 31.2. The maximum Gasteiger partial charge on any atom is 0.761 e. The first-order valence-corrected chi connectivity index (χ1v) is 5.08. The van der Waals surface area contributed by atoms with Crippen molar-refractivity contribution in [2.75, 3.05) is 0 Å². The van der Waals surface area contributed by atoms with E-state index in [-0.39, 0.29) is 0 Å². The van der Waals surface area contributed by atoms with E-state index >= 15 is 0 Å². The first kappa shape index (κ1) is 18.5. The van der Waals surface area contributed by atoms with Crippen LogP contribution in [0.4, 0.5) is 0 Å². The molecule has 0 aromatic rings. The Labute approximate surface area is 73.7 Å². The molecule has 0 aromatic heterocycles.